The van der Waals surface area contributed by atoms with Crippen molar-refractivity contribution >= 4 is 26.0 Å². The van der Waals surface area contributed by atoms with Crippen LogP contribution in [-0.2, 0) is 16.1 Å². The smallest absolute Gasteiger partial charge is 0.312 e. The van der Waals surface area contributed by atoms with E-state index in [2.05, 4.69) is 40.5 Å². The number of aromatic nitrogens is 2. The zero-order chi connectivity index (χ0) is 24.6. The molecule has 0 amide bonds. The fourth-order valence-corrected chi connectivity index (χ4v) is 4.55. The molecule has 1 aromatic carbocycles. The van der Waals surface area contributed by atoms with E-state index in [-0.39, 0.29) is 22.8 Å². The molecule has 0 aliphatic heterocycles. The van der Waals surface area contributed by atoms with Crippen LogP contribution in [0.15, 0.2) is 41.2 Å². The molecule has 33 heavy (non-hydrogen) atoms. The molecule has 0 spiro atoms. The zero-order valence-electron chi connectivity index (χ0n) is 21.1. The number of carbonyl (C=O) groups is 1. The van der Waals surface area contributed by atoms with Gasteiger partial charge in [0.2, 0.25) is 0 Å². The Hall–Kier alpha value is -2.15. The van der Waals surface area contributed by atoms with Crippen LogP contribution < -0.4 is 5.56 Å². The predicted molar refractivity (Wildman–Crippen MR) is 141 cm³/mol. The molecular formula is C26H39BN2O3S. The van der Waals surface area contributed by atoms with E-state index in [1.54, 1.807) is 6.07 Å². The maximum absolute atomic E-state index is 12.8. The monoisotopic (exact) mass is 470 g/mol. The lowest BCUT2D eigenvalue weighted by Gasteiger charge is -2.37. The Morgan fingerprint density at radius 3 is 2.36 bits per heavy atom. The summed E-state index contributed by atoms with van der Waals surface area (Å²) >= 11 is 5.42. The third kappa shape index (κ3) is 7.99. The van der Waals surface area contributed by atoms with Crippen LogP contribution in [-0.4, -0.2) is 30.0 Å². The highest BCUT2D eigenvalue weighted by Crippen LogP contribution is 2.42. The number of unbranched alkanes of at least 4 members (excludes halogenated alkanes) is 3. The van der Waals surface area contributed by atoms with Crippen LogP contribution in [0.5, 0.6) is 0 Å². The third-order valence-corrected chi connectivity index (χ3v) is 6.57. The van der Waals surface area contributed by atoms with Gasteiger partial charge in [-0.05, 0) is 56.3 Å². The number of aromatic amines is 1. The maximum Gasteiger partial charge on any atom is 0.312 e. The first kappa shape index (κ1) is 27.1. The number of esters is 1. The molecule has 1 unspecified atom stereocenters. The molecule has 1 aromatic heterocycles. The standard InChI is InChI=1S/C26H39BN2O3S/c1-19(2)26(5,18-25(3,4)27)23(31)32-16-12-7-6-11-15-29-21(17-22(30)28-24(29)33)20-13-9-8-10-14-20/h8-10,13-14,17,19H,6-7,11-12,15-16,18,27H2,1-5H3,(H,28,30,33). The number of nitrogens with zero attached hydrogens (tertiary/aromatic N) is 1. The normalized spacial score (nSPS) is 13.6. The van der Waals surface area contributed by atoms with Crippen molar-refractivity contribution < 1.29 is 9.53 Å². The van der Waals surface area contributed by atoms with Crippen molar-refractivity contribution in [2.45, 2.75) is 78.6 Å². The van der Waals surface area contributed by atoms with E-state index in [4.69, 9.17) is 17.0 Å². The second-order valence-corrected chi connectivity index (χ2v) is 11.1. The van der Waals surface area contributed by atoms with Crippen molar-refractivity contribution in [2.75, 3.05) is 6.61 Å². The van der Waals surface area contributed by atoms with Gasteiger partial charge in [0.05, 0.1) is 17.7 Å². The summed E-state index contributed by atoms with van der Waals surface area (Å²) in [5.74, 6) is 0.143. The minimum absolute atomic E-state index is 0.0690. The number of hydrogen-bond donors (Lipinski definition) is 1. The molecule has 1 N–H and O–H groups in total. The molecule has 0 saturated carbocycles. The lowest BCUT2D eigenvalue weighted by molar-refractivity contribution is -0.159. The van der Waals surface area contributed by atoms with Gasteiger partial charge in [0.25, 0.3) is 5.56 Å². The quantitative estimate of drug-likeness (QED) is 0.191. The molecule has 0 fully saturated rings. The van der Waals surface area contributed by atoms with Gasteiger partial charge in [0.15, 0.2) is 4.77 Å². The van der Waals surface area contributed by atoms with Gasteiger partial charge in [-0.15, -0.1) is 0 Å². The van der Waals surface area contributed by atoms with Crippen LogP contribution in [0.4, 0.5) is 0 Å². The highest BCUT2D eigenvalue weighted by atomic mass is 32.1. The van der Waals surface area contributed by atoms with Crippen LogP contribution in [0.3, 0.4) is 0 Å². The Morgan fingerprint density at radius 2 is 1.76 bits per heavy atom. The molecule has 180 valence electrons. The summed E-state index contributed by atoms with van der Waals surface area (Å²) in [7, 11) is 2.17. The van der Waals surface area contributed by atoms with E-state index in [9.17, 15) is 9.59 Å². The number of ether oxygens (including phenoxy) is 1. The lowest BCUT2D eigenvalue weighted by Crippen LogP contribution is -2.37. The molecule has 2 aromatic rings. The second kappa shape index (κ2) is 11.8. The van der Waals surface area contributed by atoms with Gasteiger partial charge < -0.3 is 9.30 Å². The average Bonchev–Trinajstić information content (AvgIpc) is 2.73. The Kier molecular flexibility index (Phi) is 9.71. The second-order valence-electron chi connectivity index (χ2n) is 10.7. The third-order valence-electron chi connectivity index (χ3n) is 6.25. The van der Waals surface area contributed by atoms with Crippen molar-refractivity contribution in [3.63, 3.8) is 0 Å². The summed E-state index contributed by atoms with van der Waals surface area (Å²) in [6, 6.07) is 11.4. The largest absolute Gasteiger partial charge is 0.465 e. The molecule has 0 radical (unpaired) electrons. The number of benzene rings is 1. The van der Waals surface area contributed by atoms with Crippen molar-refractivity contribution in [3.8, 4) is 11.3 Å². The number of nitrogens with one attached hydrogen (secondary N) is 1. The molecule has 0 saturated heterocycles. The molecule has 1 atom stereocenters. The average molecular weight is 470 g/mol. The van der Waals surface area contributed by atoms with Crippen LogP contribution >= 0.6 is 12.2 Å². The van der Waals surface area contributed by atoms with Crippen LogP contribution in [0.1, 0.15) is 66.7 Å². The summed E-state index contributed by atoms with van der Waals surface area (Å²) in [6.45, 7) is 11.7. The van der Waals surface area contributed by atoms with Crippen LogP contribution in [0.25, 0.3) is 11.3 Å². The summed E-state index contributed by atoms with van der Waals surface area (Å²) in [5.41, 5.74) is 1.17. The Labute approximate surface area is 204 Å². The molecule has 5 nitrogen and oxygen atoms in total. The van der Waals surface area contributed by atoms with Crippen molar-refractivity contribution in [1.29, 1.82) is 0 Å². The van der Waals surface area contributed by atoms with E-state index in [1.807, 2.05) is 41.8 Å². The Bertz CT molecular complexity index is 1020. The van der Waals surface area contributed by atoms with Gasteiger partial charge in [0.1, 0.15) is 7.85 Å². The SMILES string of the molecule is BC(C)(C)CC(C)(C(=O)OCCCCCCn1c(-c2ccccc2)cc(=O)[nH]c1=S)C(C)C. The lowest BCUT2D eigenvalue weighted by atomic mass is 9.60. The molecule has 0 bridgehead atoms. The number of carbonyl (C=O) groups excluding carboxylic acids is 1. The first-order valence-corrected chi connectivity index (χ1v) is 12.4. The van der Waals surface area contributed by atoms with Gasteiger partial charge in [-0.2, -0.15) is 0 Å². The highest BCUT2D eigenvalue weighted by Gasteiger charge is 2.41. The summed E-state index contributed by atoms with van der Waals surface area (Å²) in [4.78, 5) is 27.5. The minimum atomic E-state index is -0.465. The summed E-state index contributed by atoms with van der Waals surface area (Å²) in [6.07, 6.45) is 4.55. The van der Waals surface area contributed by atoms with E-state index in [1.165, 1.54) is 0 Å². The van der Waals surface area contributed by atoms with E-state index in [0.717, 1.165) is 49.9 Å². The van der Waals surface area contributed by atoms with Crippen molar-refractivity contribution in [3.05, 3.63) is 51.5 Å². The van der Waals surface area contributed by atoms with E-state index >= 15 is 0 Å². The van der Waals surface area contributed by atoms with Gasteiger partial charge in [-0.3, -0.25) is 14.6 Å². The summed E-state index contributed by atoms with van der Waals surface area (Å²) < 4.78 is 8.13. The first-order chi connectivity index (χ1) is 15.4. The van der Waals surface area contributed by atoms with Crippen LogP contribution in [0.2, 0.25) is 5.31 Å². The maximum atomic E-state index is 12.8. The zero-order valence-corrected chi connectivity index (χ0v) is 21.9. The topological polar surface area (TPSA) is 64.1 Å². The molecule has 0 aliphatic rings. The fraction of sp³-hybridized carbons (Fsp3) is 0.577. The van der Waals surface area contributed by atoms with E-state index < -0.39 is 5.41 Å². The molecule has 1 heterocycles. The van der Waals surface area contributed by atoms with E-state index in [0.29, 0.717) is 11.4 Å². The van der Waals surface area contributed by atoms with Gasteiger partial charge in [-0.25, -0.2) is 0 Å². The molecule has 7 heteroatoms. The highest BCUT2D eigenvalue weighted by molar-refractivity contribution is 7.71. The van der Waals surface area contributed by atoms with Crippen molar-refractivity contribution in [1.82, 2.24) is 9.55 Å². The summed E-state index contributed by atoms with van der Waals surface area (Å²) in [5, 5.41) is 0.0690. The fourth-order valence-electron chi connectivity index (χ4n) is 4.26. The molecule has 0 aliphatic carbocycles. The van der Waals surface area contributed by atoms with Crippen molar-refractivity contribution in [2.24, 2.45) is 11.3 Å². The van der Waals surface area contributed by atoms with Gasteiger partial charge in [0, 0.05) is 12.6 Å². The number of rotatable bonds is 12. The first-order valence-electron chi connectivity index (χ1n) is 12.0. The van der Waals surface area contributed by atoms with Gasteiger partial charge in [-0.1, -0.05) is 69.8 Å². The van der Waals surface area contributed by atoms with Gasteiger partial charge >= 0.3 is 5.97 Å². The Balaban J connectivity index is 1.85. The number of H-pyrrole nitrogens is 1. The number of hydrogen-bond acceptors (Lipinski definition) is 4. The van der Waals surface area contributed by atoms with Crippen LogP contribution in [0, 0.1) is 16.1 Å². The predicted octanol–water partition coefficient (Wildman–Crippen LogP) is 5.56. The molecular weight excluding hydrogens is 431 g/mol. The minimum Gasteiger partial charge on any atom is -0.465 e. The Morgan fingerprint density at radius 1 is 1.12 bits per heavy atom. The molecule has 2 rings (SSSR count).